The Bertz CT molecular complexity index is 944. The zero-order valence-corrected chi connectivity index (χ0v) is 11.1. The van der Waals surface area contributed by atoms with Crippen LogP contribution in [-0.4, -0.2) is 16.7 Å². The third-order valence-corrected chi connectivity index (χ3v) is 3.17. The fourth-order valence-electron chi connectivity index (χ4n) is 2.17. The Morgan fingerprint density at radius 3 is 2.67 bits per heavy atom. The summed E-state index contributed by atoms with van der Waals surface area (Å²) in [6.45, 7) is 0. The molecule has 1 N–H and O–H groups in total. The highest BCUT2D eigenvalue weighted by Crippen LogP contribution is 2.16. The van der Waals surface area contributed by atoms with Crippen LogP contribution in [0.25, 0.3) is 16.6 Å². The average Bonchev–Trinajstić information content (AvgIpc) is 2.46. The van der Waals surface area contributed by atoms with Crippen molar-refractivity contribution in [2.75, 3.05) is 7.11 Å². The molecule has 5 nitrogen and oxygen atoms in total. The summed E-state index contributed by atoms with van der Waals surface area (Å²) >= 11 is 0. The minimum atomic E-state index is -0.633. The van der Waals surface area contributed by atoms with Crippen molar-refractivity contribution in [3.05, 3.63) is 69.1 Å². The van der Waals surface area contributed by atoms with Gasteiger partial charge >= 0.3 is 5.69 Å². The molecule has 106 valence electrons. The topological polar surface area (TPSA) is 64.1 Å². The summed E-state index contributed by atoms with van der Waals surface area (Å²) in [5, 5.41) is 0.319. The van der Waals surface area contributed by atoms with E-state index in [1.165, 1.54) is 25.3 Å². The van der Waals surface area contributed by atoms with Crippen LogP contribution < -0.4 is 16.0 Å². The zero-order valence-electron chi connectivity index (χ0n) is 11.1. The van der Waals surface area contributed by atoms with Crippen LogP contribution in [0.5, 0.6) is 5.75 Å². The summed E-state index contributed by atoms with van der Waals surface area (Å²) in [7, 11) is 1.49. The average molecular weight is 286 g/mol. The van der Waals surface area contributed by atoms with Gasteiger partial charge in [-0.25, -0.2) is 13.8 Å². The molecule has 1 aromatic heterocycles. The van der Waals surface area contributed by atoms with Crippen LogP contribution in [0.15, 0.2) is 52.1 Å². The van der Waals surface area contributed by atoms with Gasteiger partial charge in [-0.3, -0.25) is 4.79 Å². The van der Waals surface area contributed by atoms with Gasteiger partial charge < -0.3 is 9.72 Å². The lowest BCUT2D eigenvalue weighted by Gasteiger charge is -2.07. The fourth-order valence-corrected chi connectivity index (χ4v) is 2.17. The second-order valence-electron chi connectivity index (χ2n) is 4.46. The number of hydrogen-bond donors (Lipinski definition) is 1. The molecule has 0 atom stereocenters. The standard InChI is InChI=1S/C15H11FN2O3/c1-21-11-5-6-12-13(8-11)17-15(20)18(14(12)19)10-4-2-3-9(16)7-10/h2-8H,1H3,(H,17,20). The first-order valence-corrected chi connectivity index (χ1v) is 6.19. The van der Waals surface area contributed by atoms with Crippen LogP contribution in [0.3, 0.4) is 0 Å². The SMILES string of the molecule is COc1ccc2c(=O)n(-c3cccc(F)c3)c(=O)[nH]c2c1. The number of benzene rings is 2. The lowest BCUT2D eigenvalue weighted by Crippen LogP contribution is -2.33. The van der Waals surface area contributed by atoms with Gasteiger partial charge in [-0.2, -0.15) is 0 Å². The van der Waals surface area contributed by atoms with Gasteiger partial charge in [0.2, 0.25) is 0 Å². The highest BCUT2D eigenvalue weighted by molar-refractivity contribution is 5.79. The van der Waals surface area contributed by atoms with Gasteiger partial charge in [0.25, 0.3) is 5.56 Å². The summed E-state index contributed by atoms with van der Waals surface area (Å²) < 4.78 is 19.2. The Labute approximate surface area is 118 Å². The molecule has 0 spiro atoms. The number of H-pyrrole nitrogens is 1. The Morgan fingerprint density at radius 1 is 1.14 bits per heavy atom. The molecule has 0 fully saturated rings. The molecule has 1 heterocycles. The lowest BCUT2D eigenvalue weighted by molar-refractivity contribution is 0.415. The lowest BCUT2D eigenvalue weighted by atomic mass is 10.2. The summed E-state index contributed by atoms with van der Waals surface area (Å²) in [4.78, 5) is 27.1. The van der Waals surface area contributed by atoms with Gasteiger partial charge in [0.15, 0.2) is 0 Å². The van der Waals surface area contributed by atoms with E-state index in [-0.39, 0.29) is 5.69 Å². The highest BCUT2D eigenvalue weighted by atomic mass is 19.1. The predicted octanol–water partition coefficient (Wildman–Crippen LogP) is 1.83. The van der Waals surface area contributed by atoms with E-state index in [4.69, 9.17) is 4.74 Å². The van der Waals surface area contributed by atoms with Crippen molar-refractivity contribution in [3.8, 4) is 11.4 Å². The predicted molar refractivity (Wildman–Crippen MR) is 76.7 cm³/mol. The van der Waals surface area contributed by atoms with E-state index < -0.39 is 17.1 Å². The fraction of sp³-hybridized carbons (Fsp3) is 0.0667. The maximum Gasteiger partial charge on any atom is 0.333 e. The van der Waals surface area contributed by atoms with Gasteiger partial charge in [0.1, 0.15) is 11.6 Å². The Morgan fingerprint density at radius 2 is 1.95 bits per heavy atom. The van der Waals surface area contributed by atoms with Gasteiger partial charge in [-0.1, -0.05) is 6.07 Å². The van der Waals surface area contributed by atoms with Crippen molar-refractivity contribution in [2.45, 2.75) is 0 Å². The van der Waals surface area contributed by atoms with Crippen LogP contribution in [-0.2, 0) is 0 Å². The first-order valence-electron chi connectivity index (χ1n) is 6.19. The maximum atomic E-state index is 13.3. The third kappa shape index (κ3) is 2.20. The first-order chi connectivity index (χ1) is 10.1. The van der Waals surface area contributed by atoms with E-state index in [0.717, 1.165) is 10.6 Å². The van der Waals surface area contributed by atoms with E-state index in [2.05, 4.69) is 4.98 Å². The quantitative estimate of drug-likeness (QED) is 0.781. The monoisotopic (exact) mass is 286 g/mol. The van der Waals surface area contributed by atoms with E-state index in [1.807, 2.05) is 0 Å². The molecule has 2 aromatic carbocycles. The molecule has 0 bridgehead atoms. The van der Waals surface area contributed by atoms with Crippen molar-refractivity contribution in [1.29, 1.82) is 0 Å². The summed E-state index contributed by atoms with van der Waals surface area (Å²) in [5.74, 6) is 0.00897. The molecule has 3 aromatic rings. The number of methoxy groups -OCH3 is 1. The van der Waals surface area contributed by atoms with E-state index >= 15 is 0 Å². The molecular weight excluding hydrogens is 275 g/mol. The molecule has 0 aliphatic carbocycles. The number of fused-ring (bicyclic) bond motifs is 1. The molecule has 0 amide bonds. The second kappa shape index (κ2) is 4.90. The van der Waals surface area contributed by atoms with Gasteiger partial charge in [-0.15, -0.1) is 0 Å². The summed E-state index contributed by atoms with van der Waals surface area (Å²) in [6.07, 6.45) is 0. The zero-order chi connectivity index (χ0) is 15.0. The number of aromatic nitrogens is 2. The Hall–Kier alpha value is -2.89. The molecule has 0 radical (unpaired) electrons. The molecule has 0 aliphatic rings. The molecule has 6 heteroatoms. The normalized spacial score (nSPS) is 10.8. The van der Waals surface area contributed by atoms with Crippen LogP contribution in [0, 0.1) is 5.82 Å². The van der Waals surface area contributed by atoms with Crippen LogP contribution >= 0.6 is 0 Å². The van der Waals surface area contributed by atoms with Gasteiger partial charge in [0, 0.05) is 6.07 Å². The number of nitrogens with one attached hydrogen (secondary N) is 1. The number of halogens is 1. The van der Waals surface area contributed by atoms with Crippen molar-refractivity contribution in [2.24, 2.45) is 0 Å². The number of nitrogens with zero attached hydrogens (tertiary/aromatic N) is 1. The van der Waals surface area contributed by atoms with E-state index in [0.29, 0.717) is 16.7 Å². The molecule has 0 unspecified atom stereocenters. The van der Waals surface area contributed by atoms with Crippen molar-refractivity contribution in [3.63, 3.8) is 0 Å². The van der Waals surface area contributed by atoms with Crippen molar-refractivity contribution >= 4 is 10.9 Å². The number of hydrogen-bond acceptors (Lipinski definition) is 3. The number of aromatic amines is 1. The maximum absolute atomic E-state index is 13.3. The summed E-state index contributed by atoms with van der Waals surface area (Å²) in [6, 6.07) is 10.1. The molecule has 3 rings (SSSR count). The minimum absolute atomic E-state index is 0.180. The van der Waals surface area contributed by atoms with Gasteiger partial charge in [-0.05, 0) is 30.3 Å². The van der Waals surface area contributed by atoms with Crippen LogP contribution in [0.2, 0.25) is 0 Å². The molecule has 0 aliphatic heterocycles. The molecule has 0 saturated carbocycles. The van der Waals surface area contributed by atoms with Crippen molar-refractivity contribution in [1.82, 2.24) is 9.55 Å². The third-order valence-electron chi connectivity index (χ3n) is 3.17. The van der Waals surface area contributed by atoms with E-state index in [9.17, 15) is 14.0 Å². The smallest absolute Gasteiger partial charge is 0.333 e. The van der Waals surface area contributed by atoms with E-state index in [1.54, 1.807) is 18.2 Å². The molecule has 0 saturated heterocycles. The Balaban J connectivity index is 2.35. The largest absolute Gasteiger partial charge is 0.497 e. The highest BCUT2D eigenvalue weighted by Gasteiger charge is 2.10. The van der Waals surface area contributed by atoms with Crippen LogP contribution in [0.4, 0.5) is 4.39 Å². The number of ether oxygens (including phenoxy) is 1. The minimum Gasteiger partial charge on any atom is -0.497 e. The first kappa shape index (κ1) is 13.1. The molecule has 21 heavy (non-hydrogen) atoms. The number of rotatable bonds is 2. The van der Waals surface area contributed by atoms with Gasteiger partial charge in [0.05, 0.1) is 23.7 Å². The Kier molecular flexibility index (Phi) is 3.06. The van der Waals surface area contributed by atoms with Crippen LogP contribution in [0.1, 0.15) is 0 Å². The van der Waals surface area contributed by atoms with Crippen molar-refractivity contribution < 1.29 is 9.13 Å². The summed E-state index contributed by atoms with van der Waals surface area (Å²) in [5.41, 5.74) is -0.593. The second-order valence-corrected chi connectivity index (χ2v) is 4.46. The molecular formula is C15H11FN2O3.